The van der Waals surface area contributed by atoms with Gasteiger partial charge >= 0.3 is 0 Å². The minimum atomic E-state index is -3.12. The van der Waals surface area contributed by atoms with E-state index < -0.39 is 10.0 Å². The molecule has 1 heterocycles. The van der Waals surface area contributed by atoms with Crippen molar-refractivity contribution in [1.29, 1.82) is 0 Å². The van der Waals surface area contributed by atoms with Crippen LogP contribution in [0.15, 0.2) is 84.9 Å². The van der Waals surface area contributed by atoms with E-state index in [2.05, 4.69) is 4.90 Å². The lowest BCUT2D eigenvalue weighted by atomic mass is 10.1. The van der Waals surface area contributed by atoms with E-state index in [1.807, 2.05) is 89.8 Å². The van der Waals surface area contributed by atoms with Gasteiger partial charge in [-0.3, -0.25) is 9.69 Å². The Bertz CT molecular complexity index is 1150. The smallest absolute Gasteiger partial charge is 0.254 e. The number of piperazine rings is 1. The summed E-state index contributed by atoms with van der Waals surface area (Å²) in [5.41, 5.74) is 3.97. The first-order chi connectivity index (χ1) is 16.9. The highest BCUT2D eigenvalue weighted by Gasteiger charge is 2.25. The summed E-state index contributed by atoms with van der Waals surface area (Å²) in [5.74, 6) is 0.149. The number of nitrogens with zero attached hydrogens (tertiary/aromatic N) is 3. The molecule has 4 rings (SSSR count). The molecular weight excluding hydrogens is 458 g/mol. The predicted molar refractivity (Wildman–Crippen MR) is 139 cm³/mol. The van der Waals surface area contributed by atoms with E-state index in [9.17, 15) is 13.2 Å². The van der Waals surface area contributed by atoms with E-state index in [0.717, 1.165) is 23.2 Å². The molecule has 1 amide bonds. The Labute approximate surface area is 208 Å². The fourth-order valence-corrected chi connectivity index (χ4v) is 5.43. The molecule has 0 saturated carbocycles. The summed E-state index contributed by atoms with van der Waals surface area (Å²) in [4.78, 5) is 17.6. The Kier molecular flexibility index (Phi) is 8.33. The summed E-state index contributed by atoms with van der Waals surface area (Å²) in [6.45, 7) is 5.99. The number of hydrogen-bond acceptors (Lipinski definition) is 4. The molecule has 3 aromatic carbocycles. The second-order valence-corrected chi connectivity index (χ2v) is 11.2. The summed E-state index contributed by atoms with van der Waals surface area (Å²) in [6.07, 6.45) is 0. The molecule has 0 radical (unpaired) electrons. The average Bonchev–Trinajstić information content (AvgIpc) is 2.90. The Hall–Kier alpha value is -3.00. The highest BCUT2D eigenvalue weighted by atomic mass is 32.2. The fourth-order valence-electron chi connectivity index (χ4n) is 4.35. The van der Waals surface area contributed by atoms with Gasteiger partial charge in [-0.15, -0.1) is 0 Å². The number of sulfonamides is 1. The van der Waals surface area contributed by atoms with Gasteiger partial charge in [0.2, 0.25) is 10.0 Å². The molecular formula is C28H33N3O3S. The van der Waals surface area contributed by atoms with E-state index in [4.69, 9.17) is 0 Å². The lowest BCUT2D eigenvalue weighted by molar-refractivity contribution is 0.0730. The third-order valence-corrected chi connectivity index (χ3v) is 8.30. The standard InChI is InChI=1S/C28H33N3O3S/c1-2-35(33,34)31-19-17-29(18-20-31)21-26-13-15-27(16-14-26)28(32)30(22-24-9-5-3-6-10-24)23-25-11-7-4-8-12-25/h3-16H,2,17-23H2,1H3. The number of benzene rings is 3. The summed E-state index contributed by atoms with van der Waals surface area (Å²) in [5, 5.41) is 0. The molecule has 1 aliphatic rings. The van der Waals surface area contributed by atoms with E-state index in [1.54, 1.807) is 11.2 Å². The molecule has 0 aromatic heterocycles. The van der Waals surface area contributed by atoms with Crippen molar-refractivity contribution in [2.45, 2.75) is 26.6 Å². The second-order valence-electron chi connectivity index (χ2n) is 8.91. The summed E-state index contributed by atoms with van der Waals surface area (Å²) >= 11 is 0. The van der Waals surface area contributed by atoms with Gasteiger partial charge < -0.3 is 4.90 Å². The molecule has 1 saturated heterocycles. The molecule has 1 fully saturated rings. The van der Waals surface area contributed by atoms with Crippen molar-refractivity contribution in [2.24, 2.45) is 0 Å². The van der Waals surface area contributed by atoms with E-state index in [-0.39, 0.29) is 11.7 Å². The minimum Gasteiger partial charge on any atom is -0.330 e. The minimum absolute atomic E-state index is 0.00245. The first-order valence-electron chi connectivity index (χ1n) is 12.1. The lowest BCUT2D eigenvalue weighted by Gasteiger charge is -2.33. The second kappa shape index (κ2) is 11.6. The van der Waals surface area contributed by atoms with Crippen LogP contribution in [0.3, 0.4) is 0 Å². The molecule has 3 aromatic rings. The maximum absolute atomic E-state index is 13.5. The molecule has 1 aliphatic heterocycles. The van der Waals surface area contributed by atoms with E-state index in [0.29, 0.717) is 44.8 Å². The van der Waals surface area contributed by atoms with E-state index in [1.165, 1.54) is 0 Å². The maximum atomic E-state index is 13.5. The first-order valence-corrected chi connectivity index (χ1v) is 13.7. The normalized spacial score (nSPS) is 15.1. The summed E-state index contributed by atoms with van der Waals surface area (Å²) < 4.78 is 25.7. The van der Waals surface area contributed by atoms with Gasteiger partial charge in [-0.25, -0.2) is 8.42 Å². The Balaban J connectivity index is 1.41. The highest BCUT2D eigenvalue weighted by Crippen LogP contribution is 2.17. The van der Waals surface area contributed by atoms with Gasteiger partial charge in [-0.1, -0.05) is 72.8 Å². The van der Waals surface area contributed by atoms with Gasteiger partial charge in [0.1, 0.15) is 0 Å². The van der Waals surface area contributed by atoms with E-state index >= 15 is 0 Å². The van der Waals surface area contributed by atoms with Gasteiger partial charge in [0.15, 0.2) is 0 Å². The van der Waals surface area contributed by atoms with Crippen LogP contribution in [0.2, 0.25) is 0 Å². The molecule has 0 atom stereocenters. The van der Waals surface area contributed by atoms with Gasteiger partial charge in [0.25, 0.3) is 5.91 Å². The zero-order chi connectivity index (χ0) is 24.7. The lowest BCUT2D eigenvalue weighted by Crippen LogP contribution is -2.48. The highest BCUT2D eigenvalue weighted by molar-refractivity contribution is 7.89. The van der Waals surface area contributed by atoms with Crippen molar-refractivity contribution in [2.75, 3.05) is 31.9 Å². The van der Waals surface area contributed by atoms with Crippen LogP contribution in [-0.2, 0) is 29.7 Å². The van der Waals surface area contributed by atoms with Gasteiger partial charge in [0.05, 0.1) is 5.75 Å². The van der Waals surface area contributed by atoms with Crippen LogP contribution >= 0.6 is 0 Å². The molecule has 0 aliphatic carbocycles. The van der Waals surface area contributed by atoms with Crippen LogP contribution < -0.4 is 0 Å². The zero-order valence-electron chi connectivity index (χ0n) is 20.2. The van der Waals surface area contributed by atoms with Gasteiger partial charge in [-0.2, -0.15) is 4.31 Å². The van der Waals surface area contributed by atoms with Crippen molar-refractivity contribution in [1.82, 2.24) is 14.1 Å². The number of hydrogen-bond donors (Lipinski definition) is 0. The Morgan fingerprint density at radius 2 is 1.26 bits per heavy atom. The molecule has 0 N–H and O–H groups in total. The number of amides is 1. The van der Waals surface area contributed by atoms with Crippen LogP contribution in [0.5, 0.6) is 0 Å². The summed E-state index contributed by atoms with van der Waals surface area (Å²) in [6, 6.07) is 27.9. The predicted octanol–water partition coefficient (Wildman–Crippen LogP) is 4.00. The monoisotopic (exact) mass is 491 g/mol. The molecule has 0 bridgehead atoms. The van der Waals surface area contributed by atoms with Crippen LogP contribution in [-0.4, -0.2) is 60.4 Å². The fraction of sp³-hybridized carbons (Fsp3) is 0.321. The molecule has 35 heavy (non-hydrogen) atoms. The number of carbonyl (C=O) groups is 1. The molecule has 0 spiro atoms. The maximum Gasteiger partial charge on any atom is 0.254 e. The largest absolute Gasteiger partial charge is 0.330 e. The molecule has 184 valence electrons. The van der Waals surface area contributed by atoms with Gasteiger partial charge in [-0.05, 0) is 35.7 Å². The zero-order valence-corrected chi connectivity index (χ0v) is 21.0. The van der Waals surface area contributed by atoms with Crippen molar-refractivity contribution in [3.05, 3.63) is 107 Å². The third kappa shape index (κ3) is 6.78. The van der Waals surface area contributed by atoms with Crippen molar-refractivity contribution in [3.8, 4) is 0 Å². The van der Waals surface area contributed by atoms with Gasteiger partial charge in [0, 0.05) is 51.4 Å². The summed E-state index contributed by atoms with van der Waals surface area (Å²) in [7, 11) is -3.12. The molecule has 6 nitrogen and oxygen atoms in total. The average molecular weight is 492 g/mol. The molecule has 0 unspecified atom stereocenters. The van der Waals surface area contributed by atoms with Crippen molar-refractivity contribution < 1.29 is 13.2 Å². The van der Waals surface area contributed by atoms with Crippen LogP contribution in [0, 0.1) is 0 Å². The molecule has 7 heteroatoms. The van der Waals surface area contributed by atoms with Crippen LogP contribution in [0.25, 0.3) is 0 Å². The van der Waals surface area contributed by atoms with Crippen molar-refractivity contribution in [3.63, 3.8) is 0 Å². The van der Waals surface area contributed by atoms with Crippen molar-refractivity contribution >= 4 is 15.9 Å². The number of rotatable bonds is 9. The SMILES string of the molecule is CCS(=O)(=O)N1CCN(Cc2ccc(C(=O)N(Cc3ccccc3)Cc3ccccc3)cc2)CC1. The topological polar surface area (TPSA) is 60.9 Å². The third-order valence-electron chi connectivity index (χ3n) is 6.42. The van der Waals surface area contributed by atoms with Crippen LogP contribution in [0.1, 0.15) is 34.0 Å². The Morgan fingerprint density at radius 1 is 0.743 bits per heavy atom. The Morgan fingerprint density at radius 3 is 1.74 bits per heavy atom. The number of carbonyl (C=O) groups excluding carboxylic acids is 1. The quantitative estimate of drug-likeness (QED) is 0.454. The van der Waals surface area contributed by atoms with Crippen LogP contribution in [0.4, 0.5) is 0 Å². The first kappa shape index (κ1) is 25.1.